The van der Waals surface area contributed by atoms with Crippen molar-refractivity contribution in [2.75, 3.05) is 7.11 Å². The molecule has 2 heteroatoms. The van der Waals surface area contributed by atoms with Gasteiger partial charge in [0, 0.05) is 5.57 Å². The molecule has 1 saturated carbocycles. The van der Waals surface area contributed by atoms with Gasteiger partial charge in [0.15, 0.2) is 0 Å². The fourth-order valence-electron chi connectivity index (χ4n) is 2.06. The monoisotopic (exact) mass is 182 g/mol. The average Bonchev–Trinajstić information content (AvgIpc) is 2.63. The highest BCUT2D eigenvalue weighted by Crippen LogP contribution is 2.36. The number of carbonyl (C=O) groups excluding carboxylic acids is 1. The van der Waals surface area contributed by atoms with Gasteiger partial charge < -0.3 is 4.74 Å². The molecule has 1 aliphatic rings. The van der Waals surface area contributed by atoms with Gasteiger partial charge in [-0.3, -0.25) is 0 Å². The summed E-state index contributed by atoms with van der Waals surface area (Å²) in [5.74, 6) is 0.922. The van der Waals surface area contributed by atoms with E-state index < -0.39 is 0 Å². The van der Waals surface area contributed by atoms with E-state index in [0.717, 1.165) is 18.8 Å². The molecule has 0 bridgehead atoms. The lowest BCUT2D eigenvalue weighted by molar-refractivity contribution is -0.136. The number of methoxy groups -OCH3 is 1. The minimum atomic E-state index is -0.234. The van der Waals surface area contributed by atoms with Crippen LogP contribution in [0.4, 0.5) is 0 Å². The molecule has 2 atom stereocenters. The Morgan fingerprint density at radius 2 is 2.23 bits per heavy atom. The third-order valence-corrected chi connectivity index (χ3v) is 3.06. The summed E-state index contributed by atoms with van der Waals surface area (Å²) in [4.78, 5) is 11.2. The Morgan fingerprint density at radius 1 is 1.54 bits per heavy atom. The van der Waals surface area contributed by atoms with Gasteiger partial charge in [-0.1, -0.05) is 19.9 Å². The van der Waals surface area contributed by atoms with E-state index in [1.54, 1.807) is 0 Å². The minimum absolute atomic E-state index is 0.234. The summed E-state index contributed by atoms with van der Waals surface area (Å²) < 4.78 is 4.65. The highest BCUT2D eigenvalue weighted by molar-refractivity contribution is 5.88. The molecule has 74 valence electrons. The van der Waals surface area contributed by atoms with Gasteiger partial charge in [0.05, 0.1) is 7.11 Å². The maximum absolute atomic E-state index is 11.2. The Hall–Kier alpha value is -0.790. The molecule has 0 saturated heterocycles. The molecule has 1 fully saturated rings. The summed E-state index contributed by atoms with van der Waals surface area (Å²) in [6.45, 7) is 6.00. The van der Waals surface area contributed by atoms with Crippen LogP contribution in [0, 0.1) is 11.8 Å². The zero-order valence-corrected chi connectivity index (χ0v) is 8.51. The second-order valence-electron chi connectivity index (χ2n) is 3.80. The predicted octanol–water partition coefficient (Wildman–Crippen LogP) is 2.54. The third-order valence-electron chi connectivity index (χ3n) is 3.06. The van der Waals surface area contributed by atoms with Crippen molar-refractivity contribution in [2.24, 2.45) is 11.8 Å². The van der Waals surface area contributed by atoms with Crippen molar-refractivity contribution in [3.63, 3.8) is 0 Å². The summed E-state index contributed by atoms with van der Waals surface area (Å²) in [5, 5.41) is 0. The topological polar surface area (TPSA) is 26.3 Å². The number of ether oxygens (including phenoxy) is 1. The van der Waals surface area contributed by atoms with Crippen LogP contribution in [0.15, 0.2) is 12.2 Å². The molecule has 0 heterocycles. The van der Waals surface area contributed by atoms with E-state index in [-0.39, 0.29) is 5.97 Å². The Labute approximate surface area is 80.0 Å². The molecule has 0 spiro atoms. The third kappa shape index (κ3) is 2.33. The van der Waals surface area contributed by atoms with Gasteiger partial charge in [0.1, 0.15) is 0 Å². The molecule has 1 rings (SSSR count). The van der Waals surface area contributed by atoms with Gasteiger partial charge in [0.25, 0.3) is 0 Å². The first-order chi connectivity index (χ1) is 6.19. The molecule has 0 N–H and O–H groups in total. The second kappa shape index (κ2) is 4.45. The van der Waals surface area contributed by atoms with Crippen LogP contribution in [0.2, 0.25) is 0 Å². The zero-order chi connectivity index (χ0) is 9.84. The van der Waals surface area contributed by atoms with Crippen LogP contribution < -0.4 is 0 Å². The number of hydrogen-bond donors (Lipinski definition) is 0. The average molecular weight is 182 g/mol. The Morgan fingerprint density at radius 3 is 2.69 bits per heavy atom. The summed E-state index contributed by atoms with van der Waals surface area (Å²) in [7, 11) is 1.42. The van der Waals surface area contributed by atoms with Crippen LogP contribution in [0.3, 0.4) is 0 Å². The molecule has 2 unspecified atom stereocenters. The van der Waals surface area contributed by atoms with Crippen molar-refractivity contribution in [3.8, 4) is 0 Å². The van der Waals surface area contributed by atoms with Gasteiger partial charge in [-0.25, -0.2) is 4.79 Å². The summed E-state index contributed by atoms with van der Waals surface area (Å²) in [5.41, 5.74) is 0.665. The first-order valence-electron chi connectivity index (χ1n) is 4.96. The van der Waals surface area contributed by atoms with E-state index in [4.69, 9.17) is 0 Å². The number of hydrogen-bond acceptors (Lipinski definition) is 2. The van der Waals surface area contributed by atoms with Gasteiger partial charge in [0.2, 0.25) is 0 Å². The van der Waals surface area contributed by atoms with Crippen molar-refractivity contribution in [1.82, 2.24) is 0 Å². The summed E-state index contributed by atoms with van der Waals surface area (Å²) >= 11 is 0. The van der Waals surface area contributed by atoms with Crippen molar-refractivity contribution >= 4 is 5.97 Å². The number of carbonyl (C=O) groups is 1. The lowest BCUT2D eigenvalue weighted by Gasteiger charge is -2.11. The fraction of sp³-hybridized carbons (Fsp3) is 0.727. The first-order valence-corrected chi connectivity index (χ1v) is 4.96. The molecular formula is C11H18O2. The lowest BCUT2D eigenvalue weighted by atomic mass is 9.97. The van der Waals surface area contributed by atoms with E-state index in [9.17, 15) is 4.79 Å². The van der Waals surface area contributed by atoms with E-state index >= 15 is 0 Å². The van der Waals surface area contributed by atoms with Crippen LogP contribution in [0.25, 0.3) is 0 Å². The smallest absolute Gasteiger partial charge is 0.333 e. The molecule has 2 nitrogen and oxygen atoms in total. The van der Waals surface area contributed by atoms with Gasteiger partial charge >= 0.3 is 5.97 Å². The van der Waals surface area contributed by atoms with E-state index in [1.807, 2.05) is 0 Å². The molecule has 1 aliphatic carbocycles. The Bertz CT molecular complexity index is 208. The van der Waals surface area contributed by atoms with Crippen LogP contribution in [0.1, 0.15) is 32.6 Å². The van der Waals surface area contributed by atoms with E-state index in [1.165, 1.54) is 20.0 Å². The highest BCUT2D eigenvalue weighted by atomic mass is 16.5. The van der Waals surface area contributed by atoms with Crippen LogP contribution in [0.5, 0.6) is 0 Å². The Balaban J connectivity index is 2.46. The van der Waals surface area contributed by atoms with Crippen LogP contribution in [-0.4, -0.2) is 13.1 Å². The fourth-order valence-corrected chi connectivity index (χ4v) is 2.06. The Kier molecular flexibility index (Phi) is 3.52. The number of esters is 1. The molecule has 13 heavy (non-hydrogen) atoms. The standard InChI is InChI=1S/C11H18O2/c1-4-9-5-6-10(7-9)8(2)11(12)13-3/h9-10H,2,4-7H2,1,3H3. The van der Waals surface area contributed by atoms with E-state index in [2.05, 4.69) is 18.2 Å². The van der Waals surface area contributed by atoms with Crippen LogP contribution in [-0.2, 0) is 9.53 Å². The van der Waals surface area contributed by atoms with E-state index in [0.29, 0.717) is 11.5 Å². The van der Waals surface area contributed by atoms with Crippen molar-refractivity contribution in [1.29, 1.82) is 0 Å². The first kappa shape index (κ1) is 10.3. The lowest BCUT2D eigenvalue weighted by Crippen LogP contribution is -2.11. The number of rotatable bonds is 3. The molecule has 0 aromatic rings. The molecule has 0 radical (unpaired) electrons. The molecular weight excluding hydrogens is 164 g/mol. The minimum Gasteiger partial charge on any atom is -0.466 e. The van der Waals surface area contributed by atoms with Crippen LogP contribution >= 0.6 is 0 Å². The summed E-state index contributed by atoms with van der Waals surface area (Å²) in [6, 6.07) is 0. The summed E-state index contributed by atoms with van der Waals surface area (Å²) in [6.07, 6.45) is 4.67. The van der Waals surface area contributed by atoms with Crippen molar-refractivity contribution < 1.29 is 9.53 Å². The predicted molar refractivity (Wildman–Crippen MR) is 52.3 cm³/mol. The van der Waals surface area contributed by atoms with Gasteiger partial charge in [-0.15, -0.1) is 0 Å². The molecule has 0 aliphatic heterocycles. The zero-order valence-electron chi connectivity index (χ0n) is 8.51. The largest absolute Gasteiger partial charge is 0.466 e. The normalized spacial score (nSPS) is 27.2. The second-order valence-corrected chi connectivity index (χ2v) is 3.80. The maximum atomic E-state index is 11.2. The SMILES string of the molecule is C=C(C(=O)OC)C1CCC(CC)C1. The molecule has 0 amide bonds. The highest BCUT2D eigenvalue weighted by Gasteiger charge is 2.28. The molecule has 0 aromatic heterocycles. The quantitative estimate of drug-likeness (QED) is 0.495. The maximum Gasteiger partial charge on any atom is 0.333 e. The van der Waals surface area contributed by atoms with Gasteiger partial charge in [-0.2, -0.15) is 0 Å². The van der Waals surface area contributed by atoms with Gasteiger partial charge in [-0.05, 0) is 31.1 Å². The van der Waals surface area contributed by atoms with Crippen molar-refractivity contribution in [3.05, 3.63) is 12.2 Å². The molecule has 0 aromatic carbocycles. The van der Waals surface area contributed by atoms with Crippen molar-refractivity contribution in [2.45, 2.75) is 32.6 Å².